The fourth-order valence-electron chi connectivity index (χ4n) is 3.25. The predicted molar refractivity (Wildman–Crippen MR) is 107 cm³/mol. The quantitative estimate of drug-likeness (QED) is 0.635. The molecule has 0 unspecified atom stereocenters. The van der Waals surface area contributed by atoms with Gasteiger partial charge in [0.15, 0.2) is 0 Å². The van der Waals surface area contributed by atoms with Crippen molar-refractivity contribution in [3.63, 3.8) is 0 Å². The van der Waals surface area contributed by atoms with E-state index in [4.69, 9.17) is 4.98 Å². The van der Waals surface area contributed by atoms with E-state index in [0.29, 0.717) is 0 Å². The molecule has 0 aliphatic rings. The monoisotopic (exact) mass is 336 g/mol. The Labute approximate surface area is 150 Å². The van der Waals surface area contributed by atoms with Gasteiger partial charge in [-0.25, -0.2) is 4.98 Å². The number of rotatable bonds is 8. The molecule has 0 amide bonds. The first-order valence-electron chi connectivity index (χ1n) is 9.29. The number of benzene rings is 2. The first-order chi connectivity index (χ1) is 12.3. The Bertz CT molecular complexity index is 800. The van der Waals surface area contributed by atoms with E-state index in [-0.39, 0.29) is 0 Å². The van der Waals surface area contributed by atoms with Crippen LogP contribution in [0.15, 0.2) is 48.5 Å². The van der Waals surface area contributed by atoms with E-state index < -0.39 is 0 Å². The number of fused-ring (bicyclic) bond motifs is 1. The van der Waals surface area contributed by atoms with Crippen LogP contribution in [0.25, 0.3) is 11.0 Å². The van der Waals surface area contributed by atoms with Crippen LogP contribution in [0.3, 0.4) is 0 Å². The minimum Gasteiger partial charge on any atom is -0.372 e. The zero-order chi connectivity index (χ0) is 17.6. The molecule has 4 nitrogen and oxygen atoms in total. The summed E-state index contributed by atoms with van der Waals surface area (Å²) in [6.45, 7) is 10.4. The maximum absolute atomic E-state index is 4.76. The lowest BCUT2D eigenvalue weighted by atomic mass is 10.2. The number of imidazole rings is 1. The van der Waals surface area contributed by atoms with Crippen molar-refractivity contribution in [1.29, 1.82) is 0 Å². The number of hydrogen-bond donors (Lipinski definition) is 1. The Morgan fingerprint density at radius 3 is 2.36 bits per heavy atom. The lowest BCUT2D eigenvalue weighted by Crippen LogP contribution is -2.21. The van der Waals surface area contributed by atoms with Gasteiger partial charge < -0.3 is 14.8 Å². The zero-order valence-electron chi connectivity index (χ0n) is 15.5. The Morgan fingerprint density at radius 2 is 1.68 bits per heavy atom. The van der Waals surface area contributed by atoms with E-state index in [1.54, 1.807) is 0 Å². The molecule has 0 bridgehead atoms. The van der Waals surface area contributed by atoms with Crippen molar-refractivity contribution in [2.75, 3.05) is 23.3 Å². The second kappa shape index (κ2) is 8.06. The van der Waals surface area contributed by atoms with Crippen molar-refractivity contribution in [1.82, 2.24) is 9.55 Å². The number of hydrogen-bond acceptors (Lipinski definition) is 3. The summed E-state index contributed by atoms with van der Waals surface area (Å²) >= 11 is 0. The zero-order valence-corrected chi connectivity index (χ0v) is 15.5. The molecule has 3 aromatic rings. The second-order valence-electron chi connectivity index (χ2n) is 6.27. The molecule has 0 saturated heterocycles. The van der Waals surface area contributed by atoms with Gasteiger partial charge in [0.05, 0.1) is 11.0 Å². The third-order valence-corrected chi connectivity index (χ3v) is 4.62. The molecule has 25 heavy (non-hydrogen) atoms. The van der Waals surface area contributed by atoms with Crippen LogP contribution in [0.4, 0.5) is 11.6 Å². The second-order valence-corrected chi connectivity index (χ2v) is 6.27. The van der Waals surface area contributed by atoms with Crippen LogP contribution in [0.5, 0.6) is 0 Å². The smallest absolute Gasteiger partial charge is 0.204 e. The minimum atomic E-state index is 0.783. The number of nitrogens with zero attached hydrogens (tertiary/aromatic N) is 3. The molecule has 0 aliphatic heterocycles. The molecule has 1 aromatic heterocycles. The third-order valence-electron chi connectivity index (χ3n) is 4.62. The molecule has 0 atom stereocenters. The van der Waals surface area contributed by atoms with Gasteiger partial charge in [-0.15, -0.1) is 0 Å². The maximum Gasteiger partial charge on any atom is 0.204 e. The maximum atomic E-state index is 4.76. The highest BCUT2D eigenvalue weighted by molar-refractivity contribution is 5.78. The van der Waals surface area contributed by atoms with Gasteiger partial charge in [-0.2, -0.15) is 0 Å². The first kappa shape index (κ1) is 17.3. The molecule has 0 saturated carbocycles. The SMILES string of the molecule is CCCn1c(NCc2ccc(N(CC)CC)cc2)nc2ccccc21. The van der Waals surface area contributed by atoms with Crippen LogP contribution in [0.2, 0.25) is 0 Å². The van der Waals surface area contributed by atoms with Crippen molar-refractivity contribution in [2.24, 2.45) is 0 Å². The summed E-state index contributed by atoms with van der Waals surface area (Å²) in [5.74, 6) is 0.955. The summed E-state index contributed by atoms with van der Waals surface area (Å²) in [7, 11) is 0. The van der Waals surface area contributed by atoms with Gasteiger partial charge in [-0.3, -0.25) is 0 Å². The van der Waals surface area contributed by atoms with Crippen LogP contribution in [-0.2, 0) is 13.1 Å². The highest BCUT2D eigenvalue weighted by Gasteiger charge is 2.09. The molecule has 0 spiro atoms. The number of nitrogens with one attached hydrogen (secondary N) is 1. The molecule has 0 fully saturated rings. The summed E-state index contributed by atoms with van der Waals surface area (Å²) in [6.07, 6.45) is 1.09. The standard InChI is InChI=1S/C21H28N4/c1-4-15-25-20-10-8-7-9-19(20)23-21(25)22-16-17-11-13-18(14-12-17)24(5-2)6-3/h7-14H,4-6,15-16H2,1-3H3,(H,22,23). The molecule has 132 valence electrons. The summed E-state index contributed by atoms with van der Waals surface area (Å²) in [5, 5.41) is 3.52. The average molecular weight is 336 g/mol. The van der Waals surface area contributed by atoms with Gasteiger partial charge in [0.1, 0.15) is 0 Å². The van der Waals surface area contributed by atoms with Gasteiger partial charge in [0.25, 0.3) is 0 Å². The molecule has 2 aromatic carbocycles. The summed E-state index contributed by atoms with van der Waals surface area (Å²) in [5.41, 5.74) is 4.80. The fraction of sp³-hybridized carbons (Fsp3) is 0.381. The molecule has 1 heterocycles. The van der Waals surface area contributed by atoms with Crippen molar-refractivity contribution >= 4 is 22.7 Å². The Kier molecular flexibility index (Phi) is 5.59. The van der Waals surface area contributed by atoms with Gasteiger partial charge in [-0.05, 0) is 50.1 Å². The van der Waals surface area contributed by atoms with Gasteiger partial charge in [-0.1, -0.05) is 31.2 Å². The van der Waals surface area contributed by atoms with Crippen molar-refractivity contribution in [3.05, 3.63) is 54.1 Å². The van der Waals surface area contributed by atoms with Crippen LogP contribution >= 0.6 is 0 Å². The number of para-hydroxylation sites is 2. The molecule has 0 radical (unpaired) electrons. The number of anilines is 2. The summed E-state index contributed by atoms with van der Waals surface area (Å²) < 4.78 is 2.28. The molecule has 0 aliphatic carbocycles. The van der Waals surface area contributed by atoms with Gasteiger partial charge in [0, 0.05) is 31.9 Å². The average Bonchev–Trinajstić information content (AvgIpc) is 3.00. The summed E-state index contributed by atoms with van der Waals surface area (Å²) in [6, 6.07) is 17.2. The highest BCUT2D eigenvalue weighted by Crippen LogP contribution is 2.21. The van der Waals surface area contributed by atoms with E-state index in [2.05, 4.69) is 78.0 Å². The van der Waals surface area contributed by atoms with E-state index in [9.17, 15) is 0 Å². The van der Waals surface area contributed by atoms with Crippen molar-refractivity contribution in [3.8, 4) is 0 Å². The molecular formula is C21H28N4. The first-order valence-corrected chi connectivity index (χ1v) is 9.29. The highest BCUT2D eigenvalue weighted by atomic mass is 15.2. The molecule has 4 heteroatoms. The topological polar surface area (TPSA) is 33.1 Å². The van der Waals surface area contributed by atoms with Crippen LogP contribution < -0.4 is 10.2 Å². The van der Waals surface area contributed by atoms with Crippen molar-refractivity contribution in [2.45, 2.75) is 40.3 Å². The van der Waals surface area contributed by atoms with Crippen molar-refractivity contribution < 1.29 is 0 Å². The molecule has 1 N–H and O–H groups in total. The largest absolute Gasteiger partial charge is 0.372 e. The Balaban J connectivity index is 1.75. The van der Waals surface area contributed by atoms with Gasteiger partial charge >= 0.3 is 0 Å². The normalized spacial score (nSPS) is 11.0. The van der Waals surface area contributed by atoms with E-state index in [1.807, 2.05) is 6.07 Å². The van der Waals surface area contributed by atoms with Crippen LogP contribution in [-0.4, -0.2) is 22.6 Å². The predicted octanol–water partition coefficient (Wildman–Crippen LogP) is 4.90. The fourth-order valence-corrected chi connectivity index (χ4v) is 3.25. The summed E-state index contributed by atoms with van der Waals surface area (Å²) in [4.78, 5) is 7.12. The van der Waals surface area contributed by atoms with E-state index >= 15 is 0 Å². The van der Waals surface area contributed by atoms with Gasteiger partial charge in [0.2, 0.25) is 5.95 Å². The van der Waals surface area contributed by atoms with Crippen LogP contribution in [0.1, 0.15) is 32.8 Å². The Morgan fingerprint density at radius 1 is 0.960 bits per heavy atom. The van der Waals surface area contributed by atoms with E-state index in [0.717, 1.165) is 44.1 Å². The molecular weight excluding hydrogens is 308 g/mol. The lowest BCUT2D eigenvalue weighted by Gasteiger charge is -2.21. The van der Waals surface area contributed by atoms with Crippen LogP contribution in [0, 0.1) is 0 Å². The minimum absolute atomic E-state index is 0.783. The van der Waals surface area contributed by atoms with E-state index in [1.165, 1.54) is 16.8 Å². The molecule has 3 rings (SSSR count). The Hall–Kier alpha value is -2.49. The third kappa shape index (κ3) is 3.78. The lowest BCUT2D eigenvalue weighted by molar-refractivity contribution is 0.700. The number of aryl methyl sites for hydroxylation is 1. The number of aromatic nitrogens is 2.